The molecule has 0 aliphatic rings. The number of nitrogens with zero attached hydrogens (tertiary/aromatic N) is 2. The molecule has 0 spiro atoms. The first-order chi connectivity index (χ1) is 13.5. The van der Waals surface area contributed by atoms with Crippen molar-refractivity contribution in [2.24, 2.45) is 5.14 Å². The van der Waals surface area contributed by atoms with E-state index >= 15 is 0 Å². The molecule has 2 aromatic carbocycles. The van der Waals surface area contributed by atoms with Crippen molar-refractivity contribution in [1.82, 2.24) is 9.78 Å². The molecular weight excluding hydrogens is 434 g/mol. The maximum Gasteiger partial charge on any atom is 0.436 e. The van der Waals surface area contributed by atoms with Crippen LogP contribution in [0.15, 0.2) is 41.3 Å². The van der Waals surface area contributed by atoms with Gasteiger partial charge in [-0.3, -0.25) is 0 Å². The third kappa shape index (κ3) is 3.22. The van der Waals surface area contributed by atoms with Crippen LogP contribution in [0.2, 0.25) is 0 Å². The number of benzene rings is 2. The van der Waals surface area contributed by atoms with Crippen LogP contribution in [-0.2, 0) is 16.2 Å². The second-order valence-corrected chi connectivity index (χ2v) is 8.67. The molecule has 0 atom stereocenters. The Bertz CT molecular complexity index is 1360. The number of halogens is 4. The highest BCUT2D eigenvalue weighted by molar-refractivity contribution is 7.89. The number of rotatable bonds is 3. The van der Waals surface area contributed by atoms with Gasteiger partial charge in [-0.2, -0.15) is 18.3 Å². The van der Waals surface area contributed by atoms with Gasteiger partial charge in [0.05, 0.1) is 27.9 Å². The first-order valence-electron chi connectivity index (χ1n) is 7.90. The van der Waals surface area contributed by atoms with E-state index in [4.69, 9.17) is 9.88 Å². The second-order valence-electron chi connectivity index (χ2n) is 6.06. The second kappa shape index (κ2) is 6.40. The third-order valence-electron chi connectivity index (χ3n) is 4.24. The molecule has 12 heteroatoms. The zero-order valence-corrected chi connectivity index (χ0v) is 16.1. The summed E-state index contributed by atoms with van der Waals surface area (Å²) >= 11 is 0.757. The molecule has 2 N–H and O–H groups in total. The minimum atomic E-state index is -4.74. The van der Waals surface area contributed by atoms with Crippen LogP contribution >= 0.6 is 11.3 Å². The van der Waals surface area contributed by atoms with Crippen molar-refractivity contribution in [3.05, 3.63) is 47.9 Å². The van der Waals surface area contributed by atoms with E-state index in [-0.39, 0.29) is 31.2 Å². The fourth-order valence-corrected chi connectivity index (χ4v) is 4.67. The normalized spacial score (nSPS) is 12.8. The van der Waals surface area contributed by atoms with E-state index in [0.717, 1.165) is 22.1 Å². The molecule has 6 nitrogen and oxygen atoms in total. The van der Waals surface area contributed by atoms with Gasteiger partial charge >= 0.3 is 6.18 Å². The Morgan fingerprint density at radius 2 is 1.83 bits per heavy atom. The minimum absolute atomic E-state index is 0.110. The van der Waals surface area contributed by atoms with Gasteiger partial charge in [0.25, 0.3) is 0 Å². The zero-order chi connectivity index (χ0) is 21.1. The predicted octanol–water partition coefficient (Wildman–Crippen LogP) is 4.05. The number of thiophene rings is 1. The van der Waals surface area contributed by atoms with Gasteiger partial charge in [-0.05, 0) is 36.4 Å². The van der Waals surface area contributed by atoms with Gasteiger partial charge < -0.3 is 4.74 Å². The molecule has 2 heterocycles. The monoisotopic (exact) mass is 445 g/mol. The molecule has 0 radical (unpaired) electrons. The van der Waals surface area contributed by atoms with Crippen LogP contribution in [0.5, 0.6) is 5.75 Å². The Labute approximate surface area is 165 Å². The number of alkyl halides is 3. The summed E-state index contributed by atoms with van der Waals surface area (Å²) in [5, 5.41) is 9.07. The largest absolute Gasteiger partial charge is 0.494 e. The molecule has 0 aliphatic carbocycles. The number of primary sulfonamides is 1. The average molecular weight is 445 g/mol. The van der Waals surface area contributed by atoms with Crippen molar-refractivity contribution >= 4 is 41.7 Å². The Morgan fingerprint density at radius 1 is 1.17 bits per heavy atom. The summed E-state index contributed by atoms with van der Waals surface area (Å²) in [5.41, 5.74) is -0.830. The maximum absolute atomic E-state index is 14.0. The van der Waals surface area contributed by atoms with Gasteiger partial charge in [-0.15, -0.1) is 11.3 Å². The van der Waals surface area contributed by atoms with E-state index in [9.17, 15) is 26.0 Å². The summed E-state index contributed by atoms with van der Waals surface area (Å²) < 4.78 is 83.7. The lowest BCUT2D eigenvalue weighted by Gasteiger charge is -2.06. The van der Waals surface area contributed by atoms with Crippen molar-refractivity contribution in [2.45, 2.75) is 11.1 Å². The number of sulfonamides is 1. The number of ether oxygens (including phenoxy) is 1. The molecule has 0 unspecified atom stereocenters. The number of nitrogens with two attached hydrogens (primary N) is 1. The first-order valence-corrected chi connectivity index (χ1v) is 10.3. The van der Waals surface area contributed by atoms with Gasteiger partial charge in [0, 0.05) is 10.1 Å². The smallest absolute Gasteiger partial charge is 0.436 e. The first kappa shape index (κ1) is 19.6. The molecule has 4 aromatic rings. The van der Waals surface area contributed by atoms with E-state index in [0.29, 0.717) is 5.39 Å². The SMILES string of the molecule is COc1cc2c(cc1F)sc1c(C(F)(F)F)nn(-c3ccc(S(N)(=O)=O)cc3)c12. The molecule has 0 amide bonds. The number of aromatic nitrogens is 2. The summed E-state index contributed by atoms with van der Waals surface area (Å²) in [6.07, 6.45) is -4.74. The molecule has 0 fully saturated rings. The lowest BCUT2D eigenvalue weighted by Crippen LogP contribution is -2.12. The Morgan fingerprint density at radius 3 is 2.38 bits per heavy atom. The van der Waals surface area contributed by atoms with Crippen molar-refractivity contribution in [3.8, 4) is 11.4 Å². The summed E-state index contributed by atoms with van der Waals surface area (Å²) in [6, 6.07) is 7.32. The molecule has 0 aliphatic heterocycles. The Kier molecular flexibility index (Phi) is 4.33. The third-order valence-corrected chi connectivity index (χ3v) is 6.32. The maximum atomic E-state index is 14.0. The quantitative estimate of drug-likeness (QED) is 0.482. The molecule has 29 heavy (non-hydrogen) atoms. The summed E-state index contributed by atoms with van der Waals surface area (Å²) in [7, 11) is -2.72. The van der Waals surface area contributed by atoms with E-state index in [1.54, 1.807) is 0 Å². The Hall–Kier alpha value is -2.70. The molecule has 0 saturated heterocycles. The topological polar surface area (TPSA) is 87.2 Å². The molecular formula is C17H11F4N3O3S2. The summed E-state index contributed by atoms with van der Waals surface area (Å²) in [6.45, 7) is 0. The Balaban J connectivity index is 2.06. The number of fused-ring (bicyclic) bond motifs is 3. The van der Waals surface area contributed by atoms with Crippen molar-refractivity contribution < 1.29 is 30.7 Å². The van der Waals surface area contributed by atoms with Crippen LogP contribution in [0.1, 0.15) is 5.69 Å². The highest BCUT2D eigenvalue weighted by Gasteiger charge is 2.38. The van der Waals surface area contributed by atoms with E-state index in [1.165, 1.54) is 37.4 Å². The summed E-state index contributed by atoms with van der Waals surface area (Å²) in [4.78, 5) is -0.195. The summed E-state index contributed by atoms with van der Waals surface area (Å²) in [5.74, 6) is -0.822. The number of hydrogen-bond donors (Lipinski definition) is 1. The van der Waals surface area contributed by atoms with Crippen LogP contribution in [0, 0.1) is 5.82 Å². The van der Waals surface area contributed by atoms with Gasteiger partial charge in [0.1, 0.15) is 0 Å². The fraction of sp³-hybridized carbons (Fsp3) is 0.118. The standard InChI is InChI=1S/C17H11F4N3O3S2/c1-27-12-6-10-13(7-11(12)18)28-15-14(10)24(23-16(15)17(19,20)21)8-2-4-9(5-3-8)29(22,25)26/h2-7H,1H3,(H2,22,25,26). The van der Waals surface area contributed by atoms with Gasteiger partial charge in [-0.25, -0.2) is 22.6 Å². The molecule has 2 aromatic heterocycles. The fourth-order valence-electron chi connectivity index (χ4n) is 2.96. The van der Waals surface area contributed by atoms with Crippen LogP contribution in [0.4, 0.5) is 17.6 Å². The van der Waals surface area contributed by atoms with Crippen LogP contribution in [-0.4, -0.2) is 25.3 Å². The average Bonchev–Trinajstić information content (AvgIpc) is 3.16. The van der Waals surface area contributed by atoms with E-state index in [1.807, 2.05) is 0 Å². The zero-order valence-electron chi connectivity index (χ0n) is 14.5. The highest BCUT2D eigenvalue weighted by atomic mass is 32.2. The van der Waals surface area contributed by atoms with Crippen molar-refractivity contribution in [2.75, 3.05) is 7.11 Å². The van der Waals surface area contributed by atoms with Crippen molar-refractivity contribution in [1.29, 1.82) is 0 Å². The van der Waals surface area contributed by atoms with E-state index < -0.39 is 27.7 Å². The van der Waals surface area contributed by atoms with Gasteiger partial charge in [0.2, 0.25) is 10.0 Å². The van der Waals surface area contributed by atoms with Crippen LogP contribution < -0.4 is 9.88 Å². The lowest BCUT2D eigenvalue weighted by atomic mass is 10.2. The number of hydrogen-bond acceptors (Lipinski definition) is 5. The molecule has 0 bridgehead atoms. The highest BCUT2D eigenvalue weighted by Crippen LogP contribution is 2.44. The van der Waals surface area contributed by atoms with Gasteiger partial charge in [0.15, 0.2) is 17.3 Å². The number of methoxy groups -OCH3 is 1. The minimum Gasteiger partial charge on any atom is -0.494 e. The van der Waals surface area contributed by atoms with Crippen LogP contribution in [0.3, 0.4) is 0 Å². The molecule has 152 valence electrons. The van der Waals surface area contributed by atoms with Gasteiger partial charge in [-0.1, -0.05) is 0 Å². The van der Waals surface area contributed by atoms with Crippen molar-refractivity contribution in [3.63, 3.8) is 0 Å². The van der Waals surface area contributed by atoms with E-state index in [2.05, 4.69) is 5.10 Å². The van der Waals surface area contributed by atoms with Crippen LogP contribution in [0.25, 0.3) is 26.0 Å². The predicted molar refractivity (Wildman–Crippen MR) is 99.3 cm³/mol. The molecule has 4 rings (SSSR count). The lowest BCUT2D eigenvalue weighted by molar-refractivity contribution is -0.140. The molecule has 0 saturated carbocycles.